The maximum Gasteiger partial charge on any atom is 0.416 e. The highest BCUT2D eigenvalue weighted by Gasteiger charge is 2.41. The van der Waals surface area contributed by atoms with Crippen LogP contribution in [0.2, 0.25) is 0 Å². The predicted molar refractivity (Wildman–Crippen MR) is 144 cm³/mol. The third-order valence-electron chi connectivity index (χ3n) is 6.36. The second kappa shape index (κ2) is 11.4. The van der Waals surface area contributed by atoms with Gasteiger partial charge in [0.05, 0.1) is 28.9 Å². The number of carbonyl (C=O) groups excluding carboxylic acids is 1. The fourth-order valence-electron chi connectivity index (χ4n) is 4.50. The molecule has 0 bridgehead atoms. The molecular formula is C28H34ClF3N4O2. The zero-order chi connectivity index (χ0) is 27.0. The van der Waals surface area contributed by atoms with Crippen LogP contribution in [0.3, 0.4) is 0 Å². The Bertz CT molecular complexity index is 1220. The Balaban J connectivity index is 0.00000400. The normalized spacial score (nSPS) is 19.8. The Morgan fingerprint density at radius 2 is 1.68 bits per heavy atom. The summed E-state index contributed by atoms with van der Waals surface area (Å²) in [6.45, 7) is 10.00. The molecule has 6 nitrogen and oxygen atoms in total. The standard InChI is InChI=1S/C28H33F3N4O2.ClH/c1-17(2)37-21-12-10-20(11-13-21)32-26(36)24-16-22(23-14-15-35(34-23)27(3,4)5)25(33-24)18-6-8-19(9-7-18)28(29,30)31;/h6-15,17,22,24-25,33H,16H2,1-5H3,(H,32,36);1H/t22?,24-,25-;/m0./s1. The summed E-state index contributed by atoms with van der Waals surface area (Å²) in [5.41, 5.74) is 1.17. The van der Waals surface area contributed by atoms with E-state index >= 15 is 0 Å². The first-order valence-electron chi connectivity index (χ1n) is 12.4. The smallest absolute Gasteiger partial charge is 0.416 e. The molecule has 3 atom stereocenters. The van der Waals surface area contributed by atoms with E-state index in [2.05, 4.69) is 10.6 Å². The number of rotatable bonds is 6. The van der Waals surface area contributed by atoms with Gasteiger partial charge in [-0.2, -0.15) is 18.3 Å². The molecule has 1 unspecified atom stereocenters. The molecule has 10 heteroatoms. The van der Waals surface area contributed by atoms with E-state index in [1.54, 1.807) is 24.3 Å². The number of anilines is 1. The fourth-order valence-corrected chi connectivity index (χ4v) is 4.50. The third-order valence-corrected chi connectivity index (χ3v) is 6.36. The summed E-state index contributed by atoms with van der Waals surface area (Å²) in [6.07, 6.45) is -2.02. The van der Waals surface area contributed by atoms with Gasteiger partial charge in [-0.15, -0.1) is 12.4 Å². The number of benzene rings is 2. The highest BCUT2D eigenvalue weighted by Crippen LogP contribution is 2.41. The molecule has 38 heavy (non-hydrogen) atoms. The molecule has 2 aromatic carbocycles. The number of alkyl halides is 3. The summed E-state index contributed by atoms with van der Waals surface area (Å²) in [5.74, 6) is 0.300. The van der Waals surface area contributed by atoms with Crippen molar-refractivity contribution in [2.24, 2.45) is 0 Å². The van der Waals surface area contributed by atoms with Gasteiger partial charge in [0.15, 0.2) is 0 Å². The lowest BCUT2D eigenvalue weighted by molar-refractivity contribution is -0.137. The fraction of sp³-hybridized carbons (Fsp3) is 0.429. The molecule has 1 aliphatic rings. The Hall–Kier alpha value is -3.04. The van der Waals surface area contributed by atoms with Crippen molar-refractivity contribution in [3.05, 3.63) is 77.6 Å². The van der Waals surface area contributed by atoms with E-state index in [1.807, 2.05) is 51.6 Å². The van der Waals surface area contributed by atoms with Gasteiger partial charge < -0.3 is 10.1 Å². The molecule has 1 aliphatic heterocycles. The summed E-state index contributed by atoms with van der Waals surface area (Å²) < 4.78 is 46.9. The third kappa shape index (κ3) is 6.88. The molecule has 1 saturated heterocycles. The van der Waals surface area contributed by atoms with Crippen molar-refractivity contribution in [1.29, 1.82) is 0 Å². The van der Waals surface area contributed by atoms with Gasteiger partial charge in [-0.05, 0) is 89.1 Å². The van der Waals surface area contributed by atoms with Crippen LogP contribution < -0.4 is 15.4 Å². The number of amides is 1. The molecule has 2 heterocycles. The van der Waals surface area contributed by atoms with Crippen LogP contribution in [0, 0.1) is 0 Å². The molecule has 1 aromatic heterocycles. The quantitative estimate of drug-likeness (QED) is 0.359. The Labute approximate surface area is 227 Å². The van der Waals surface area contributed by atoms with Gasteiger partial charge in [-0.25, -0.2) is 0 Å². The first-order valence-corrected chi connectivity index (χ1v) is 12.4. The lowest BCUT2D eigenvalue weighted by Crippen LogP contribution is -2.36. The SMILES string of the molecule is CC(C)Oc1ccc(NC(=O)[C@@H]2CC(c3ccn(C(C)(C)C)n3)[C@H](c3ccc(C(F)(F)F)cc3)N2)cc1.Cl. The molecular weight excluding hydrogens is 517 g/mol. The van der Waals surface area contributed by atoms with E-state index in [-0.39, 0.29) is 41.9 Å². The molecule has 206 valence electrons. The second-order valence-corrected chi connectivity index (χ2v) is 10.7. The zero-order valence-electron chi connectivity index (χ0n) is 22.0. The van der Waals surface area contributed by atoms with Crippen molar-refractivity contribution in [2.75, 3.05) is 5.32 Å². The highest BCUT2D eigenvalue weighted by molar-refractivity contribution is 5.95. The minimum absolute atomic E-state index is 0. The average molecular weight is 551 g/mol. The van der Waals surface area contributed by atoms with Crippen LogP contribution in [0.5, 0.6) is 5.75 Å². The van der Waals surface area contributed by atoms with Crippen molar-refractivity contribution in [1.82, 2.24) is 15.1 Å². The molecule has 0 aliphatic carbocycles. The zero-order valence-corrected chi connectivity index (χ0v) is 22.9. The number of nitrogens with zero attached hydrogens (tertiary/aromatic N) is 2. The number of hydrogen-bond donors (Lipinski definition) is 2. The second-order valence-electron chi connectivity index (χ2n) is 10.7. The van der Waals surface area contributed by atoms with Gasteiger partial charge in [0, 0.05) is 23.8 Å². The Morgan fingerprint density at radius 3 is 2.21 bits per heavy atom. The first-order chi connectivity index (χ1) is 17.3. The van der Waals surface area contributed by atoms with Crippen LogP contribution in [0.4, 0.5) is 18.9 Å². The number of hydrogen-bond acceptors (Lipinski definition) is 4. The largest absolute Gasteiger partial charge is 0.491 e. The van der Waals surface area contributed by atoms with Gasteiger partial charge in [0.2, 0.25) is 5.91 Å². The topological polar surface area (TPSA) is 68.2 Å². The molecule has 0 saturated carbocycles. The van der Waals surface area contributed by atoms with Crippen molar-refractivity contribution in [3.63, 3.8) is 0 Å². The van der Waals surface area contributed by atoms with Crippen LogP contribution >= 0.6 is 12.4 Å². The molecule has 0 spiro atoms. The number of halogens is 4. The van der Waals surface area contributed by atoms with E-state index < -0.39 is 17.8 Å². The van der Waals surface area contributed by atoms with Crippen LogP contribution in [0.1, 0.15) is 69.8 Å². The molecule has 3 aromatic rings. The molecule has 0 radical (unpaired) electrons. The van der Waals surface area contributed by atoms with Crippen molar-refractivity contribution < 1.29 is 22.7 Å². The summed E-state index contributed by atoms with van der Waals surface area (Å²) in [7, 11) is 0. The minimum atomic E-state index is -4.41. The van der Waals surface area contributed by atoms with Crippen LogP contribution in [0.25, 0.3) is 0 Å². The van der Waals surface area contributed by atoms with E-state index in [0.29, 0.717) is 23.4 Å². The van der Waals surface area contributed by atoms with E-state index in [4.69, 9.17) is 9.84 Å². The van der Waals surface area contributed by atoms with E-state index in [1.165, 1.54) is 12.1 Å². The van der Waals surface area contributed by atoms with Crippen LogP contribution in [0.15, 0.2) is 60.8 Å². The van der Waals surface area contributed by atoms with Crippen molar-refractivity contribution in [2.45, 2.75) is 76.9 Å². The lowest BCUT2D eigenvalue weighted by atomic mass is 9.90. The number of nitrogens with one attached hydrogen (secondary N) is 2. The number of ether oxygens (including phenoxy) is 1. The maximum absolute atomic E-state index is 13.2. The van der Waals surface area contributed by atoms with Crippen molar-refractivity contribution in [3.8, 4) is 5.75 Å². The highest BCUT2D eigenvalue weighted by atomic mass is 35.5. The summed E-state index contributed by atoms with van der Waals surface area (Å²) in [5, 5.41) is 11.0. The van der Waals surface area contributed by atoms with E-state index in [9.17, 15) is 18.0 Å². The minimum Gasteiger partial charge on any atom is -0.491 e. The molecule has 1 amide bonds. The number of aromatic nitrogens is 2. The van der Waals surface area contributed by atoms with Gasteiger partial charge >= 0.3 is 6.18 Å². The number of carbonyl (C=O) groups is 1. The van der Waals surface area contributed by atoms with E-state index in [0.717, 1.165) is 17.8 Å². The predicted octanol–water partition coefficient (Wildman–Crippen LogP) is 6.69. The lowest BCUT2D eigenvalue weighted by Gasteiger charge is -2.21. The summed E-state index contributed by atoms with van der Waals surface area (Å²) in [4.78, 5) is 13.2. The van der Waals surface area contributed by atoms with Gasteiger partial charge in [-0.1, -0.05) is 12.1 Å². The summed E-state index contributed by atoms with van der Waals surface area (Å²) in [6, 6.07) is 13.3. The molecule has 1 fully saturated rings. The van der Waals surface area contributed by atoms with Crippen LogP contribution in [-0.2, 0) is 16.5 Å². The first kappa shape index (κ1) is 29.5. The van der Waals surface area contributed by atoms with Crippen LogP contribution in [-0.4, -0.2) is 27.8 Å². The molecule has 4 rings (SSSR count). The van der Waals surface area contributed by atoms with Gasteiger partial charge in [0.25, 0.3) is 0 Å². The molecule has 2 N–H and O–H groups in total. The Kier molecular flexibility index (Phi) is 8.83. The average Bonchev–Trinajstić information content (AvgIpc) is 3.47. The summed E-state index contributed by atoms with van der Waals surface area (Å²) >= 11 is 0. The van der Waals surface area contributed by atoms with Gasteiger partial charge in [-0.3, -0.25) is 14.8 Å². The van der Waals surface area contributed by atoms with Crippen molar-refractivity contribution >= 4 is 24.0 Å². The Morgan fingerprint density at radius 1 is 1.05 bits per heavy atom. The van der Waals surface area contributed by atoms with Gasteiger partial charge in [0.1, 0.15) is 5.75 Å². The monoisotopic (exact) mass is 550 g/mol. The maximum atomic E-state index is 13.2.